The number of benzene rings is 2. The number of thioether (sulfide) groups is 1. The molecular weight excluding hydrogens is 440 g/mol. The molecule has 33 heavy (non-hydrogen) atoms. The van der Waals surface area contributed by atoms with E-state index in [2.05, 4.69) is 34.9 Å². The third-order valence-corrected chi connectivity index (χ3v) is 6.21. The molecule has 1 aliphatic carbocycles. The zero-order chi connectivity index (χ0) is 23.8. The van der Waals surface area contributed by atoms with Crippen LogP contribution in [0.15, 0.2) is 60.2 Å². The molecule has 0 radical (unpaired) electrons. The lowest BCUT2D eigenvalue weighted by atomic mass is 9.98. The van der Waals surface area contributed by atoms with Crippen LogP contribution in [-0.2, 0) is 14.3 Å². The zero-order valence-corrected chi connectivity index (χ0v) is 19.5. The Labute approximate surface area is 197 Å². The minimum atomic E-state index is -1.07. The van der Waals surface area contributed by atoms with E-state index in [-0.39, 0.29) is 19.1 Å². The number of carbonyl (C=O) groups excluding carboxylic acids is 2. The number of hydrogen-bond acceptors (Lipinski definition) is 5. The second-order valence-corrected chi connectivity index (χ2v) is 8.72. The van der Waals surface area contributed by atoms with Crippen LogP contribution in [0, 0.1) is 0 Å². The number of nitrogens with one attached hydrogen (secondary N) is 2. The molecule has 2 aromatic carbocycles. The maximum atomic E-state index is 12.2. The summed E-state index contributed by atoms with van der Waals surface area (Å²) in [7, 11) is 0. The Hall–Kier alpha value is -3.26. The van der Waals surface area contributed by atoms with Crippen LogP contribution in [-0.4, -0.2) is 54.3 Å². The topological polar surface area (TPSA) is 105 Å². The van der Waals surface area contributed by atoms with Crippen molar-refractivity contribution in [3.8, 4) is 11.1 Å². The van der Waals surface area contributed by atoms with Gasteiger partial charge in [0.2, 0.25) is 5.91 Å². The Morgan fingerprint density at radius 2 is 1.70 bits per heavy atom. The second-order valence-electron chi connectivity index (χ2n) is 7.74. The average molecular weight is 469 g/mol. The number of carbonyl (C=O) groups is 3. The van der Waals surface area contributed by atoms with Gasteiger partial charge in [0.15, 0.2) is 0 Å². The lowest BCUT2D eigenvalue weighted by Gasteiger charge is -2.15. The zero-order valence-electron chi connectivity index (χ0n) is 18.7. The average Bonchev–Trinajstić information content (AvgIpc) is 3.13. The Bertz CT molecular complexity index is 1010. The standard InChI is InChI=1S/C25H28N2O5S/c1-16(23(28)27-22(24(29)30)12-14-33-2)11-13-26-25(31)32-15-21-19-9-5-3-7-17(19)18-8-4-6-10-20(18)21/h3-11,21-22H,12-15H2,1-2H3,(H,26,31)(H,27,28)(H,29,30)/b16-11+. The predicted octanol–water partition coefficient (Wildman–Crippen LogP) is 3.79. The molecular formula is C25H28N2O5S. The van der Waals surface area contributed by atoms with E-state index in [4.69, 9.17) is 4.74 Å². The fourth-order valence-corrected chi connectivity index (χ4v) is 4.27. The molecule has 1 unspecified atom stereocenters. The lowest BCUT2D eigenvalue weighted by Crippen LogP contribution is -2.41. The molecule has 7 nitrogen and oxygen atoms in total. The molecule has 2 amide bonds. The first-order valence-corrected chi connectivity index (χ1v) is 12.1. The Balaban J connectivity index is 1.50. The number of amides is 2. The van der Waals surface area contributed by atoms with E-state index in [1.807, 2.05) is 30.5 Å². The van der Waals surface area contributed by atoms with Gasteiger partial charge in [-0.1, -0.05) is 54.6 Å². The molecule has 8 heteroatoms. The van der Waals surface area contributed by atoms with Crippen LogP contribution in [0.4, 0.5) is 4.79 Å². The van der Waals surface area contributed by atoms with Crippen molar-refractivity contribution in [1.82, 2.24) is 10.6 Å². The van der Waals surface area contributed by atoms with Gasteiger partial charge >= 0.3 is 12.1 Å². The van der Waals surface area contributed by atoms with E-state index in [0.717, 1.165) is 22.3 Å². The fourth-order valence-electron chi connectivity index (χ4n) is 3.79. The number of alkyl carbamates (subject to hydrolysis) is 1. The number of ether oxygens (including phenoxy) is 1. The highest BCUT2D eigenvalue weighted by Gasteiger charge is 2.29. The molecule has 1 aliphatic rings. The minimum absolute atomic E-state index is 0.0274. The highest BCUT2D eigenvalue weighted by atomic mass is 32.2. The van der Waals surface area contributed by atoms with Crippen LogP contribution in [0.1, 0.15) is 30.4 Å². The van der Waals surface area contributed by atoms with Crippen molar-refractivity contribution in [2.75, 3.05) is 25.2 Å². The summed E-state index contributed by atoms with van der Waals surface area (Å²) in [4.78, 5) is 35.7. The normalized spacial score (nSPS) is 13.6. The van der Waals surface area contributed by atoms with Crippen LogP contribution < -0.4 is 10.6 Å². The molecule has 0 fully saturated rings. The molecule has 0 aliphatic heterocycles. The number of fused-ring (bicyclic) bond motifs is 3. The molecule has 0 heterocycles. The lowest BCUT2D eigenvalue weighted by molar-refractivity contribution is -0.141. The molecule has 3 N–H and O–H groups in total. The molecule has 3 rings (SSSR count). The first kappa shape index (κ1) is 24.4. The summed E-state index contributed by atoms with van der Waals surface area (Å²) in [6, 6.07) is 15.3. The molecule has 0 spiro atoms. The summed E-state index contributed by atoms with van der Waals surface area (Å²) in [5.74, 6) is -0.941. The quantitative estimate of drug-likeness (QED) is 0.458. The van der Waals surface area contributed by atoms with Gasteiger partial charge in [0.05, 0.1) is 0 Å². The molecule has 2 aromatic rings. The Morgan fingerprint density at radius 1 is 1.09 bits per heavy atom. The molecule has 0 bridgehead atoms. The third kappa shape index (κ3) is 6.16. The van der Waals surface area contributed by atoms with Gasteiger partial charge in [-0.05, 0) is 47.6 Å². The fraction of sp³-hybridized carbons (Fsp3) is 0.320. The highest BCUT2D eigenvalue weighted by molar-refractivity contribution is 7.98. The van der Waals surface area contributed by atoms with Crippen molar-refractivity contribution in [2.45, 2.75) is 25.3 Å². The molecule has 0 aromatic heterocycles. The van der Waals surface area contributed by atoms with Crippen molar-refractivity contribution in [3.63, 3.8) is 0 Å². The monoisotopic (exact) mass is 468 g/mol. The summed E-state index contributed by atoms with van der Waals surface area (Å²) >= 11 is 1.52. The van der Waals surface area contributed by atoms with E-state index in [0.29, 0.717) is 17.7 Å². The highest BCUT2D eigenvalue weighted by Crippen LogP contribution is 2.44. The first-order valence-electron chi connectivity index (χ1n) is 10.7. The maximum Gasteiger partial charge on any atom is 0.407 e. The number of aliphatic carboxylic acids is 1. The minimum Gasteiger partial charge on any atom is -0.480 e. The first-order chi connectivity index (χ1) is 15.9. The smallest absolute Gasteiger partial charge is 0.407 e. The van der Waals surface area contributed by atoms with Gasteiger partial charge in [-0.3, -0.25) is 4.79 Å². The van der Waals surface area contributed by atoms with Crippen LogP contribution in [0.3, 0.4) is 0 Å². The van der Waals surface area contributed by atoms with Crippen molar-refractivity contribution in [1.29, 1.82) is 0 Å². The van der Waals surface area contributed by atoms with Crippen LogP contribution in [0.2, 0.25) is 0 Å². The van der Waals surface area contributed by atoms with Crippen LogP contribution in [0.25, 0.3) is 11.1 Å². The van der Waals surface area contributed by atoms with Gasteiger partial charge in [-0.2, -0.15) is 11.8 Å². The van der Waals surface area contributed by atoms with Crippen molar-refractivity contribution < 1.29 is 24.2 Å². The molecule has 174 valence electrons. The summed E-state index contributed by atoms with van der Waals surface area (Å²) in [5.41, 5.74) is 4.90. The van der Waals surface area contributed by atoms with Crippen LogP contribution >= 0.6 is 11.8 Å². The second kappa shape index (κ2) is 11.6. The maximum absolute atomic E-state index is 12.2. The van der Waals surface area contributed by atoms with Gasteiger partial charge in [0, 0.05) is 18.0 Å². The predicted molar refractivity (Wildman–Crippen MR) is 129 cm³/mol. The van der Waals surface area contributed by atoms with Gasteiger partial charge in [0.1, 0.15) is 12.6 Å². The molecule has 0 saturated heterocycles. The summed E-state index contributed by atoms with van der Waals surface area (Å²) in [6.07, 6.45) is 3.17. The van der Waals surface area contributed by atoms with E-state index in [1.165, 1.54) is 17.8 Å². The molecule has 1 atom stereocenters. The number of rotatable bonds is 10. The van der Waals surface area contributed by atoms with E-state index in [1.54, 1.807) is 6.92 Å². The van der Waals surface area contributed by atoms with Crippen LogP contribution in [0.5, 0.6) is 0 Å². The van der Waals surface area contributed by atoms with Crippen molar-refractivity contribution in [2.24, 2.45) is 0 Å². The SMILES string of the molecule is CSCCC(NC(=O)/C(C)=C/CNC(=O)OCC1c2ccccc2-c2ccccc21)C(=O)O. The van der Waals surface area contributed by atoms with E-state index in [9.17, 15) is 19.5 Å². The van der Waals surface area contributed by atoms with Crippen molar-refractivity contribution in [3.05, 3.63) is 71.3 Å². The van der Waals surface area contributed by atoms with Gasteiger partial charge in [0.25, 0.3) is 0 Å². The summed E-state index contributed by atoms with van der Waals surface area (Å²) < 4.78 is 5.46. The third-order valence-electron chi connectivity index (χ3n) is 5.57. The number of carboxylic acids is 1. The summed E-state index contributed by atoms with van der Waals surface area (Å²) in [6.45, 7) is 1.87. The number of carboxylic acid groups (broad SMARTS) is 1. The Morgan fingerprint density at radius 3 is 2.27 bits per heavy atom. The largest absolute Gasteiger partial charge is 0.480 e. The van der Waals surface area contributed by atoms with Gasteiger partial charge in [-0.25, -0.2) is 9.59 Å². The van der Waals surface area contributed by atoms with Gasteiger partial charge in [-0.15, -0.1) is 0 Å². The number of hydrogen-bond donors (Lipinski definition) is 3. The molecule has 0 saturated carbocycles. The van der Waals surface area contributed by atoms with E-state index >= 15 is 0 Å². The van der Waals surface area contributed by atoms with Gasteiger partial charge < -0.3 is 20.5 Å². The van der Waals surface area contributed by atoms with Crippen molar-refractivity contribution >= 4 is 29.7 Å². The van der Waals surface area contributed by atoms with E-state index < -0.39 is 24.0 Å². The summed E-state index contributed by atoms with van der Waals surface area (Å²) in [5, 5.41) is 14.4. The Kier molecular flexibility index (Phi) is 8.54.